The minimum Gasteiger partial charge on any atom is -0.480 e. The number of amides is 3. The van der Waals surface area contributed by atoms with Crippen LogP contribution in [0.15, 0.2) is 76.5 Å². The van der Waals surface area contributed by atoms with Gasteiger partial charge in [0.2, 0.25) is 9.84 Å². The Morgan fingerprint density at radius 3 is 1.98 bits per heavy atom. The van der Waals surface area contributed by atoms with Gasteiger partial charge < -0.3 is 21.1 Å². The molecule has 3 amide bonds. The molecule has 4 aromatic rings. The van der Waals surface area contributed by atoms with Gasteiger partial charge in [-0.25, -0.2) is 31.2 Å². The number of sulfone groups is 1. The molecule has 0 aliphatic rings. The fourth-order valence-corrected chi connectivity index (χ4v) is 6.37. The maximum Gasteiger partial charge on any atom is 0.326 e. The number of anilines is 2. The van der Waals surface area contributed by atoms with E-state index in [0.29, 0.717) is 16.8 Å². The average molecular weight is 695 g/mol. The van der Waals surface area contributed by atoms with Gasteiger partial charge in [0.1, 0.15) is 16.6 Å². The molecule has 4 N–H and O–H groups in total. The second-order valence-electron chi connectivity index (χ2n) is 10.0. The summed E-state index contributed by atoms with van der Waals surface area (Å²) in [5, 5.41) is 16.5. The van der Waals surface area contributed by atoms with Crippen LogP contribution >= 0.6 is 23.2 Å². The number of carbonyl (C=O) groups excluding carboxylic acids is 2. The van der Waals surface area contributed by atoms with Crippen LogP contribution in [0.1, 0.15) is 27.0 Å². The number of urea groups is 1. The molecule has 0 aromatic heterocycles. The summed E-state index contributed by atoms with van der Waals surface area (Å²) in [6.45, 7) is 2.50. The lowest BCUT2D eigenvalue weighted by Gasteiger charge is -2.19. The maximum absolute atomic E-state index is 15.2. The molecule has 0 bridgehead atoms. The molecular weight excluding hydrogens is 670 g/mol. The monoisotopic (exact) mass is 693 g/mol. The zero-order valence-electron chi connectivity index (χ0n) is 23.9. The Morgan fingerprint density at radius 2 is 1.41 bits per heavy atom. The van der Waals surface area contributed by atoms with Crippen molar-refractivity contribution in [2.45, 2.75) is 36.1 Å². The summed E-state index contributed by atoms with van der Waals surface area (Å²) >= 11 is 12.1. The van der Waals surface area contributed by atoms with Gasteiger partial charge in [-0.05, 0) is 55.8 Å². The Labute approximate surface area is 271 Å². The number of halogens is 5. The van der Waals surface area contributed by atoms with Crippen LogP contribution < -0.4 is 16.0 Å². The van der Waals surface area contributed by atoms with E-state index in [0.717, 1.165) is 19.1 Å². The van der Waals surface area contributed by atoms with Crippen LogP contribution in [-0.2, 0) is 21.1 Å². The molecule has 4 rings (SSSR count). The van der Waals surface area contributed by atoms with Crippen LogP contribution in [0.25, 0.3) is 0 Å². The van der Waals surface area contributed by atoms with Crippen LogP contribution in [0, 0.1) is 31.3 Å². The molecule has 0 fully saturated rings. The number of carbonyl (C=O) groups is 3. The van der Waals surface area contributed by atoms with E-state index in [1.807, 2.05) is 5.32 Å². The van der Waals surface area contributed by atoms with Crippen molar-refractivity contribution >= 4 is 62.3 Å². The first kappa shape index (κ1) is 34.3. The highest BCUT2D eigenvalue weighted by Gasteiger charge is 2.34. The molecule has 0 spiro atoms. The summed E-state index contributed by atoms with van der Waals surface area (Å²) in [5.74, 6) is -7.37. The van der Waals surface area contributed by atoms with Crippen molar-refractivity contribution in [2.24, 2.45) is 0 Å². The fourth-order valence-electron chi connectivity index (χ4n) is 4.33. The third kappa shape index (κ3) is 7.27. The van der Waals surface area contributed by atoms with Gasteiger partial charge in [-0.3, -0.25) is 4.79 Å². The lowest BCUT2D eigenvalue weighted by atomic mass is 10.1. The predicted molar refractivity (Wildman–Crippen MR) is 166 cm³/mol. The van der Waals surface area contributed by atoms with E-state index < -0.39 is 72.3 Å². The van der Waals surface area contributed by atoms with E-state index in [1.54, 1.807) is 13.0 Å². The largest absolute Gasteiger partial charge is 0.480 e. The normalized spacial score (nSPS) is 11.9. The first-order chi connectivity index (χ1) is 21.6. The number of rotatable bonds is 9. The van der Waals surface area contributed by atoms with E-state index in [9.17, 15) is 32.3 Å². The van der Waals surface area contributed by atoms with Gasteiger partial charge in [0, 0.05) is 17.7 Å². The summed E-state index contributed by atoms with van der Waals surface area (Å²) < 4.78 is 71.4. The standard InChI is InChI=1S/C31H24Cl2F3N3O6S/c1-15-6-12-19(13-7-15)46(44,45)28-26(36)24(34)16(2)25(35)27(28)39-31(43)38-22(30(41)42)14-17-8-10-18(11-9-17)37-29(40)23-20(32)4-3-5-21(23)33/h3-13,22H,14H2,1-2H3,(H,37,40)(H,41,42)(H2,38,39,43). The van der Waals surface area contributed by atoms with Crippen molar-refractivity contribution in [1.82, 2.24) is 5.32 Å². The molecule has 0 aliphatic heterocycles. The van der Waals surface area contributed by atoms with Crippen molar-refractivity contribution in [1.29, 1.82) is 0 Å². The Balaban J connectivity index is 1.54. The lowest BCUT2D eigenvalue weighted by molar-refractivity contribution is -0.139. The molecule has 1 atom stereocenters. The molecule has 46 heavy (non-hydrogen) atoms. The Hall–Kier alpha value is -4.59. The molecule has 0 heterocycles. The highest BCUT2D eigenvalue weighted by atomic mass is 35.5. The van der Waals surface area contributed by atoms with E-state index in [-0.39, 0.29) is 22.0 Å². The molecular formula is C31H24Cl2F3N3O6S. The fraction of sp³-hybridized carbons (Fsp3) is 0.129. The van der Waals surface area contributed by atoms with Gasteiger partial charge in [-0.2, -0.15) is 0 Å². The number of aliphatic carboxylic acids is 1. The highest BCUT2D eigenvalue weighted by molar-refractivity contribution is 7.91. The van der Waals surface area contributed by atoms with E-state index in [1.165, 1.54) is 48.5 Å². The highest BCUT2D eigenvalue weighted by Crippen LogP contribution is 2.36. The van der Waals surface area contributed by atoms with Gasteiger partial charge in [-0.15, -0.1) is 0 Å². The molecule has 0 radical (unpaired) electrons. The number of nitrogens with one attached hydrogen (secondary N) is 3. The molecule has 0 saturated heterocycles. The van der Waals surface area contributed by atoms with E-state index in [2.05, 4.69) is 10.6 Å². The van der Waals surface area contributed by atoms with Gasteiger partial charge in [0.25, 0.3) is 5.91 Å². The van der Waals surface area contributed by atoms with Crippen molar-refractivity contribution in [2.75, 3.05) is 10.6 Å². The number of hydrogen-bond donors (Lipinski definition) is 4. The topological polar surface area (TPSA) is 142 Å². The van der Waals surface area contributed by atoms with Gasteiger partial charge in [-0.1, -0.05) is 59.1 Å². The molecule has 1 unspecified atom stereocenters. The summed E-state index contributed by atoms with van der Waals surface area (Å²) in [6, 6.07) is 12.3. The molecule has 15 heteroatoms. The van der Waals surface area contributed by atoms with Gasteiger partial charge in [0.15, 0.2) is 17.5 Å². The first-order valence-electron chi connectivity index (χ1n) is 13.2. The number of benzene rings is 4. The second kappa shape index (κ2) is 13.8. The Bertz CT molecular complexity index is 1940. The SMILES string of the molecule is Cc1ccc(S(=O)(=O)c2c(F)c(F)c(C)c(F)c2NC(=O)NC(Cc2ccc(NC(=O)c3c(Cl)cccc3Cl)cc2)C(=O)O)cc1. The molecule has 0 saturated carbocycles. The first-order valence-corrected chi connectivity index (χ1v) is 15.5. The van der Waals surface area contributed by atoms with E-state index >= 15 is 8.78 Å². The second-order valence-corrected chi connectivity index (χ2v) is 12.7. The predicted octanol–water partition coefficient (Wildman–Crippen LogP) is 6.93. The smallest absolute Gasteiger partial charge is 0.326 e. The molecule has 240 valence electrons. The third-order valence-electron chi connectivity index (χ3n) is 6.78. The van der Waals surface area contributed by atoms with E-state index in [4.69, 9.17) is 23.2 Å². The van der Waals surface area contributed by atoms with Crippen molar-refractivity contribution in [3.05, 3.63) is 116 Å². The summed E-state index contributed by atoms with van der Waals surface area (Å²) in [7, 11) is -4.91. The van der Waals surface area contributed by atoms with Crippen molar-refractivity contribution in [3.8, 4) is 0 Å². The van der Waals surface area contributed by atoms with Crippen LogP contribution in [0.3, 0.4) is 0 Å². The number of hydrogen-bond acceptors (Lipinski definition) is 5. The number of aryl methyl sites for hydroxylation is 1. The van der Waals surface area contributed by atoms with Crippen LogP contribution in [0.2, 0.25) is 10.0 Å². The third-order valence-corrected chi connectivity index (χ3v) is 9.22. The summed E-state index contributed by atoms with van der Waals surface area (Å²) in [4.78, 5) is 35.5. The number of carboxylic acids is 1. The summed E-state index contributed by atoms with van der Waals surface area (Å²) in [5.41, 5.74) is -0.711. The van der Waals surface area contributed by atoms with Gasteiger partial charge >= 0.3 is 12.0 Å². The molecule has 4 aromatic carbocycles. The maximum atomic E-state index is 15.2. The molecule has 9 nitrogen and oxygen atoms in total. The molecule has 0 aliphatic carbocycles. The van der Waals surface area contributed by atoms with Crippen LogP contribution in [-0.4, -0.2) is 37.5 Å². The number of carboxylic acid groups (broad SMARTS) is 1. The van der Waals surface area contributed by atoms with Crippen LogP contribution in [0.4, 0.5) is 29.3 Å². The van der Waals surface area contributed by atoms with Crippen molar-refractivity contribution < 1.29 is 41.1 Å². The van der Waals surface area contributed by atoms with Crippen LogP contribution in [0.5, 0.6) is 0 Å². The Morgan fingerprint density at radius 1 is 0.826 bits per heavy atom. The Kier molecular flexibility index (Phi) is 10.3. The average Bonchev–Trinajstić information content (AvgIpc) is 2.99. The quantitative estimate of drug-likeness (QED) is 0.140. The zero-order valence-corrected chi connectivity index (χ0v) is 26.3. The van der Waals surface area contributed by atoms with Gasteiger partial charge in [0.05, 0.1) is 20.5 Å². The zero-order chi connectivity index (χ0) is 33.9. The summed E-state index contributed by atoms with van der Waals surface area (Å²) in [6.07, 6.45) is -0.318. The lowest BCUT2D eigenvalue weighted by Crippen LogP contribution is -2.44. The van der Waals surface area contributed by atoms with Crippen molar-refractivity contribution in [3.63, 3.8) is 0 Å². The minimum atomic E-state index is -4.91. The minimum absolute atomic E-state index is 0.0542.